The van der Waals surface area contributed by atoms with E-state index in [-0.39, 0.29) is 24.2 Å². The summed E-state index contributed by atoms with van der Waals surface area (Å²) in [5, 5.41) is 9.41. The molecule has 0 aromatic rings. The molecule has 0 saturated carbocycles. The zero-order chi connectivity index (χ0) is 8.55. The molecule has 3 nitrogen and oxygen atoms in total. The molecule has 0 radical (unpaired) electrons. The van der Waals surface area contributed by atoms with Crippen LogP contribution in [0.4, 0.5) is 0 Å². The van der Waals surface area contributed by atoms with Gasteiger partial charge in [0, 0.05) is 11.8 Å². The minimum atomic E-state index is -0.738. The number of Topliss-reactive ketones (excluding diaryl/α,β-unsaturated/α-hetero) is 1. The first-order chi connectivity index (χ1) is 5.79. The van der Waals surface area contributed by atoms with E-state index < -0.39 is 6.29 Å². The topological polar surface area (TPSA) is 46.5 Å². The number of carbonyl (C=O) groups is 1. The molecule has 1 aliphatic heterocycles. The van der Waals surface area contributed by atoms with Crippen molar-refractivity contribution in [2.75, 3.05) is 6.61 Å². The van der Waals surface area contributed by atoms with Gasteiger partial charge < -0.3 is 9.84 Å². The highest BCUT2D eigenvalue weighted by Gasteiger charge is 2.38. The molecule has 1 heterocycles. The van der Waals surface area contributed by atoms with Crippen molar-refractivity contribution in [3.05, 3.63) is 12.2 Å². The molecule has 0 amide bonds. The van der Waals surface area contributed by atoms with Gasteiger partial charge in [-0.25, -0.2) is 0 Å². The van der Waals surface area contributed by atoms with Crippen LogP contribution in [0, 0.1) is 11.8 Å². The molecule has 1 N–H and O–H groups in total. The monoisotopic (exact) mass is 168 g/mol. The van der Waals surface area contributed by atoms with Crippen molar-refractivity contribution in [3.63, 3.8) is 0 Å². The lowest BCUT2D eigenvalue weighted by atomic mass is 9.78. The maximum absolute atomic E-state index is 11.3. The lowest BCUT2D eigenvalue weighted by Crippen LogP contribution is -2.43. The van der Waals surface area contributed by atoms with E-state index in [9.17, 15) is 9.90 Å². The second-order valence-corrected chi connectivity index (χ2v) is 3.38. The van der Waals surface area contributed by atoms with E-state index in [2.05, 4.69) is 0 Å². The van der Waals surface area contributed by atoms with Crippen molar-refractivity contribution < 1.29 is 14.6 Å². The Morgan fingerprint density at radius 3 is 2.92 bits per heavy atom. The average molecular weight is 168 g/mol. The Morgan fingerprint density at radius 2 is 2.17 bits per heavy atom. The van der Waals surface area contributed by atoms with E-state index >= 15 is 0 Å². The van der Waals surface area contributed by atoms with E-state index in [4.69, 9.17) is 4.74 Å². The fraction of sp³-hybridized carbons (Fsp3) is 0.667. The molecule has 0 bridgehead atoms. The van der Waals surface area contributed by atoms with E-state index in [1.165, 1.54) is 0 Å². The Hall–Kier alpha value is -0.670. The van der Waals surface area contributed by atoms with Crippen LogP contribution in [0.15, 0.2) is 12.2 Å². The summed E-state index contributed by atoms with van der Waals surface area (Å²) >= 11 is 0. The standard InChI is InChI=1S/C9H12O3/c10-8-5-12-9(11)7-4-2-1-3-6(7)8/h1-2,6-7,9,11H,3-5H2/t6-,7+,9?/m1/s1. The highest BCUT2D eigenvalue weighted by molar-refractivity contribution is 5.83. The van der Waals surface area contributed by atoms with Crippen LogP contribution in [0.1, 0.15) is 12.8 Å². The summed E-state index contributed by atoms with van der Waals surface area (Å²) in [4.78, 5) is 11.3. The van der Waals surface area contributed by atoms with Crippen LogP contribution in [-0.2, 0) is 9.53 Å². The Kier molecular flexibility index (Phi) is 1.98. The molecule has 0 aromatic carbocycles. The van der Waals surface area contributed by atoms with E-state index in [1.807, 2.05) is 12.2 Å². The molecule has 1 fully saturated rings. The molecular formula is C9H12O3. The number of hydrogen-bond donors (Lipinski definition) is 1. The van der Waals surface area contributed by atoms with E-state index in [0.717, 1.165) is 12.8 Å². The zero-order valence-corrected chi connectivity index (χ0v) is 6.77. The summed E-state index contributed by atoms with van der Waals surface area (Å²) in [6.45, 7) is 0.0795. The fourth-order valence-electron chi connectivity index (χ4n) is 1.92. The third-order valence-electron chi connectivity index (χ3n) is 2.66. The summed E-state index contributed by atoms with van der Waals surface area (Å²) in [6, 6.07) is 0. The van der Waals surface area contributed by atoms with Gasteiger partial charge in [0.05, 0.1) is 0 Å². The first-order valence-corrected chi connectivity index (χ1v) is 4.26. The molecule has 1 unspecified atom stereocenters. The lowest BCUT2D eigenvalue weighted by Gasteiger charge is -2.35. The SMILES string of the molecule is O=C1COC(O)[C@H]2CC=CC[C@@H]12. The molecule has 0 spiro atoms. The number of aliphatic hydroxyl groups is 1. The highest BCUT2D eigenvalue weighted by atomic mass is 16.6. The second-order valence-electron chi connectivity index (χ2n) is 3.38. The average Bonchev–Trinajstić information content (AvgIpc) is 2.12. The summed E-state index contributed by atoms with van der Waals surface area (Å²) in [5.74, 6) is 0.129. The first-order valence-electron chi connectivity index (χ1n) is 4.26. The summed E-state index contributed by atoms with van der Waals surface area (Å²) in [6.07, 6.45) is 4.81. The van der Waals surface area contributed by atoms with Gasteiger partial charge in [0.15, 0.2) is 12.1 Å². The summed E-state index contributed by atoms with van der Waals surface area (Å²) in [7, 11) is 0. The number of allylic oxidation sites excluding steroid dienone is 2. The Morgan fingerprint density at radius 1 is 1.42 bits per heavy atom. The zero-order valence-electron chi connectivity index (χ0n) is 6.77. The van der Waals surface area contributed by atoms with Gasteiger partial charge in [-0.05, 0) is 12.8 Å². The predicted molar refractivity (Wildman–Crippen MR) is 42.3 cm³/mol. The van der Waals surface area contributed by atoms with Crippen molar-refractivity contribution in [1.82, 2.24) is 0 Å². The molecule has 12 heavy (non-hydrogen) atoms. The van der Waals surface area contributed by atoms with Crippen molar-refractivity contribution >= 4 is 5.78 Å². The van der Waals surface area contributed by atoms with Gasteiger partial charge in [0.2, 0.25) is 0 Å². The maximum Gasteiger partial charge on any atom is 0.162 e. The molecule has 3 heteroatoms. The van der Waals surface area contributed by atoms with Crippen molar-refractivity contribution in [1.29, 1.82) is 0 Å². The molecular weight excluding hydrogens is 156 g/mol. The minimum Gasteiger partial charge on any atom is -0.368 e. The normalized spacial score (nSPS) is 41.1. The van der Waals surface area contributed by atoms with Gasteiger partial charge >= 0.3 is 0 Å². The molecule has 66 valence electrons. The number of aliphatic hydroxyl groups excluding tert-OH is 1. The smallest absolute Gasteiger partial charge is 0.162 e. The van der Waals surface area contributed by atoms with Gasteiger partial charge in [-0.3, -0.25) is 4.79 Å². The van der Waals surface area contributed by atoms with Crippen LogP contribution in [0.2, 0.25) is 0 Å². The molecule has 2 rings (SSSR count). The lowest BCUT2D eigenvalue weighted by molar-refractivity contribution is -0.184. The fourth-order valence-corrected chi connectivity index (χ4v) is 1.92. The Bertz CT molecular complexity index is 222. The molecule has 1 aliphatic carbocycles. The Balaban J connectivity index is 2.17. The van der Waals surface area contributed by atoms with Crippen LogP contribution in [0.3, 0.4) is 0 Å². The quantitative estimate of drug-likeness (QED) is 0.535. The van der Waals surface area contributed by atoms with Gasteiger partial charge in [0.1, 0.15) is 6.61 Å². The van der Waals surface area contributed by atoms with Crippen LogP contribution in [-0.4, -0.2) is 23.8 Å². The van der Waals surface area contributed by atoms with Gasteiger partial charge in [-0.1, -0.05) is 12.2 Å². The number of carbonyl (C=O) groups excluding carboxylic acids is 1. The van der Waals surface area contributed by atoms with Crippen LogP contribution in [0.5, 0.6) is 0 Å². The molecule has 3 atom stereocenters. The third-order valence-corrected chi connectivity index (χ3v) is 2.66. The Labute approximate surface area is 71.0 Å². The van der Waals surface area contributed by atoms with Crippen LogP contribution < -0.4 is 0 Å². The van der Waals surface area contributed by atoms with Gasteiger partial charge in [0.25, 0.3) is 0 Å². The molecule has 2 aliphatic rings. The predicted octanol–water partition coefficient (Wildman–Crippen LogP) is 0.486. The summed E-state index contributed by atoms with van der Waals surface area (Å²) < 4.78 is 4.93. The van der Waals surface area contributed by atoms with Crippen LogP contribution in [0.25, 0.3) is 0 Å². The third kappa shape index (κ3) is 1.19. The van der Waals surface area contributed by atoms with Crippen molar-refractivity contribution in [2.24, 2.45) is 11.8 Å². The van der Waals surface area contributed by atoms with Crippen molar-refractivity contribution in [2.45, 2.75) is 19.1 Å². The first kappa shape index (κ1) is 7.95. The number of fused-ring (bicyclic) bond motifs is 1. The second kappa shape index (κ2) is 2.99. The minimum absolute atomic E-state index is 0.00116. The van der Waals surface area contributed by atoms with Gasteiger partial charge in [-0.15, -0.1) is 0 Å². The van der Waals surface area contributed by atoms with E-state index in [1.54, 1.807) is 0 Å². The highest BCUT2D eigenvalue weighted by Crippen LogP contribution is 2.32. The number of ketones is 1. The van der Waals surface area contributed by atoms with Gasteiger partial charge in [-0.2, -0.15) is 0 Å². The molecule has 0 aromatic heterocycles. The number of rotatable bonds is 0. The number of hydrogen-bond acceptors (Lipinski definition) is 3. The number of ether oxygens (including phenoxy) is 1. The van der Waals surface area contributed by atoms with Crippen LogP contribution >= 0.6 is 0 Å². The van der Waals surface area contributed by atoms with E-state index in [0.29, 0.717) is 0 Å². The maximum atomic E-state index is 11.3. The van der Waals surface area contributed by atoms with Crippen molar-refractivity contribution in [3.8, 4) is 0 Å². The largest absolute Gasteiger partial charge is 0.368 e. The summed E-state index contributed by atoms with van der Waals surface area (Å²) in [5.41, 5.74) is 0. The molecule has 1 saturated heterocycles.